The summed E-state index contributed by atoms with van der Waals surface area (Å²) < 4.78 is 0. The maximum absolute atomic E-state index is 10.7. The second kappa shape index (κ2) is 7.92. The molecule has 3 heteroatoms. The molecule has 0 unspecified atom stereocenters. The van der Waals surface area contributed by atoms with Crippen molar-refractivity contribution in [2.45, 2.75) is 32.6 Å². The van der Waals surface area contributed by atoms with Gasteiger partial charge in [-0.3, -0.25) is 10.1 Å². The lowest BCUT2D eigenvalue weighted by molar-refractivity contribution is -0.384. The van der Waals surface area contributed by atoms with Crippen molar-refractivity contribution in [3.8, 4) is 11.8 Å². The van der Waals surface area contributed by atoms with Crippen LogP contribution in [-0.4, -0.2) is 4.92 Å². The van der Waals surface area contributed by atoms with Gasteiger partial charge in [0.25, 0.3) is 5.69 Å². The third-order valence-electron chi connectivity index (χ3n) is 2.66. The molecule has 1 rings (SSSR count). The maximum atomic E-state index is 10.7. The molecule has 0 saturated heterocycles. The molecule has 0 aromatic heterocycles. The minimum Gasteiger partial charge on any atom is -0.258 e. The quantitative estimate of drug-likeness (QED) is 0.260. The average molecular weight is 255 g/mol. The van der Waals surface area contributed by atoms with Gasteiger partial charge in [-0.1, -0.05) is 44.3 Å². The van der Waals surface area contributed by atoms with Crippen LogP contribution in [0.3, 0.4) is 0 Å². The highest BCUT2D eigenvalue weighted by Crippen LogP contribution is 2.12. The second-order valence-corrected chi connectivity index (χ2v) is 4.17. The number of nitro benzene ring substituents is 1. The highest BCUT2D eigenvalue weighted by molar-refractivity contribution is 5.45. The highest BCUT2D eigenvalue weighted by atomic mass is 16.6. The predicted octanol–water partition coefficient (Wildman–Crippen LogP) is 4.24. The molecule has 0 aliphatic heterocycles. The van der Waals surface area contributed by atoms with Crippen LogP contribution in [0.4, 0.5) is 5.69 Å². The predicted molar refractivity (Wildman–Crippen MR) is 76.8 cm³/mol. The molecule has 98 valence electrons. The van der Waals surface area contributed by atoms with E-state index in [9.17, 15) is 10.1 Å². The fraction of sp³-hybridized carbons (Fsp3) is 0.312. The third-order valence-corrected chi connectivity index (χ3v) is 2.66. The first-order chi connectivity index (χ1) is 9.17. The molecule has 0 amide bonds. The normalized spacial score (nSPS) is 9.11. The number of unbranched alkanes of at least 4 members (excludes halogenated alkanes) is 2. The van der Waals surface area contributed by atoms with Gasteiger partial charge in [0.05, 0.1) is 4.92 Å². The van der Waals surface area contributed by atoms with Crippen LogP contribution in [0.15, 0.2) is 42.1 Å². The molecule has 0 atom stereocenters. The van der Waals surface area contributed by atoms with E-state index in [-0.39, 0.29) is 5.69 Å². The first kappa shape index (κ1) is 14.8. The van der Waals surface area contributed by atoms with Crippen molar-refractivity contribution in [1.82, 2.24) is 0 Å². The Labute approximate surface area is 113 Å². The fourth-order valence-corrected chi connectivity index (χ4v) is 1.59. The monoisotopic (exact) mass is 255 g/mol. The van der Waals surface area contributed by atoms with Gasteiger partial charge < -0.3 is 0 Å². The van der Waals surface area contributed by atoms with Gasteiger partial charge in [0.1, 0.15) is 0 Å². The van der Waals surface area contributed by atoms with E-state index < -0.39 is 4.92 Å². The van der Waals surface area contributed by atoms with Crippen LogP contribution in [0.25, 0.3) is 0 Å². The molecule has 0 aliphatic rings. The molecule has 0 aliphatic carbocycles. The fourth-order valence-electron chi connectivity index (χ4n) is 1.59. The molecule has 0 N–H and O–H groups in total. The Kier molecular flexibility index (Phi) is 6.15. The Morgan fingerprint density at radius 1 is 1.42 bits per heavy atom. The van der Waals surface area contributed by atoms with Gasteiger partial charge in [-0.25, -0.2) is 0 Å². The molecule has 0 radical (unpaired) electrons. The Morgan fingerprint density at radius 2 is 2.21 bits per heavy atom. The molecule has 1 aromatic rings. The molecule has 0 saturated carbocycles. The van der Waals surface area contributed by atoms with Crippen molar-refractivity contribution in [2.75, 3.05) is 0 Å². The maximum Gasteiger partial charge on any atom is 0.270 e. The number of rotatable bonds is 5. The summed E-state index contributed by atoms with van der Waals surface area (Å²) in [6.07, 6.45) is 4.24. The standard InChI is InChI=1S/C16H17NO2/c1-3-5-6-8-14(4-2)11-12-15-9-7-10-16(13-15)17(18)19/h7,9-10,13H,2-3,5-6,8H2,1H3. The van der Waals surface area contributed by atoms with Gasteiger partial charge in [0.2, 0.25) is 0 Å². The highest BCUT2D eigenvalue weighted by Gasteiger charge is 2.03. The van der Waals surface area contributed by atoms with E-state index in [2.05, 4.69) is 31.1 Å². The SMILES string of the molecule is C=C=C(C#Cc1cccc([N+](=O)[O-])c1)CCCCC. The molecule has 0 fully saturated rings. The van der Waals surface area contributed by atoms with E-state index in [0.29, 0.717) is 5.56 Å². The van der Waals surface area contributed by atoms with Gasteiger partial charge in [-0.05, 0) is 18.9 Å². The number of allylic oxidation sites excluding steroid dienone is 1. The van der Waals surface area contributed by atoms with Crippen LogP contribution in [0.5, 0.6) is 0 Å². The average Bonchev–Trinajstić information content (AvgIpc) is 2.43. The van der Waals surface area contributed by atoms with Crippen molar-refractivity contribution in [3.63, 3.8) is 0 Å². The molecule has 0 bridgehead atoms. The van der Waals surface area contributed by atoms with Gasteiger partial charge in [0, 0.05) is 23.3 Å². The zero-order valence-electron chi connectivity index (χ0n) is 11.1. The van der Waals surface area contributed by atoms with Crippen molar-refractivity contribution in [2.24, 2.45) is 0 Å². The zero-order chi connectivity index (χ0) is 14.1. The van der Waals surface area contributed by atoms with Crippen LogP contribution in [0.1, 0.15) is 38.2 Å². The van der Waals surface area contributed by atoms with E-state index in [4.69, 9.17) is 0 Å². The second-order valence-electron chi connectivity index (χ2n) is 4.17. The molecule has 0 spiro atoms. The lowest BCUT2D eigenvalue weighted by Crippen LogP contribution is -1.88. The van der Waals surface area contributed by atoms with E-state index in [1.54, 1.807) is 12.1 Å². The van der Waals surface area contributed by atoms with E-state index in [1.165, 1.54) is 12.1 Å². The third kappa shape index (κ3) is 5.25. The Balaban J connectivity index is 2.78. The summed E-state index contributed by atoms with van der Waals surface area (Å²) in [5.41, 5.74) is 4.38. The van der Waals surface area contributed by atoms with Gasteiger partial charge >= 0.3 is 0 Å². The molecule has 19 heavy (non-hydrogen) atoms. The van der Waals surface area contributed by atoms with E-state index in [1.807, 2.05) is 0 Å². The van der Waals surface area contributed by atoms with Crippen LogP contribution in [0, 0.1) is 22.0 Å². The summed E-state index contributed by atoms with van der Waals surface area (Å²) in [7, 11) is 0. The van der Waals surface area contributed by atoms with Crippen molar-refractivity contribution >= 4 is 5.69 Å². The summed E-state index contributed by atoms with van der Waals surface area (Å²) in [5.74, 6) is 5.91. The van der Waals surface area contributed by atoms with E-state index >= 15 is 0 Å². The number of hydrogen-bond acceptors (Lipinski definition) is 2. The largest absolute Gasteiger partial charge is 0.270 e. The molecule has 1 aromatic carbocycles. The molecule has 0 heterocycles. The first-order valence-electron chi connectivity index (χ1n) is 6.32. The summed E-state index contributed by atoms with van der Waals surface area (Å²) in [6, 6.07) is 6.32. The molecular formula is C16H17NO2. The van der Waals surface area contributed by atoms with Crippen molar-refractivity contribution in [1.29, 1.82) is 0 Å². The van der Waals surface area contributed by atoms with Crippen LogP contribution < -0.4 is 0 Å². The van der Waals surface area contributed by atoms with Crippen molar-refractivity contribution < 1.29 is 4.92 Å². The van der Waals surface area contributed by atoms with Gasteiger partial charge in [-0.15, -0.1) is 5.73 Å². The summed E-state index contributed by atoms with van der Waals surface area (Å²) in [6.45, 7) is 5.77. The smallest absolute Gasteiger partial charge is 0.258 e. The summed E-state index contributed by atoms with van der Waals surface area (Å²) in [4.78, 5) is 10.2. The minimum atomic E-state index is -0.420. The number of nitrogens with zero attached hydrogens (tertiary/aromatic N) is 1. The Morgan fingerprint density at radius 3 is 2.84 bits per heavy atom. The lowest BCUT2D eigenvalue weighted by atomic mass is 10.1. The number of non-ortho nitro benzene ring substituents is 1. The van der Waals surface area contributed by atoms with Crippen molar-refractivity contribution in [3.05, 3.63) is 57.8 Å². The Hall–Kier alpha value is -2.30. The molecule has 3 nitrogen and oxygen atoms in total. The van der Waals surface area contributed by atoms with E-state index in [0.717, 1.165) is 31.3 Å². The zero-order valence-corrected chi connectivity index (χ0v) is 11.1. The van der Waals surface area contributed by atoms with Gasteiger partial charge in [0.15, 0.2) is 0 Å². The van der Waals surface area contributed by atoms with Gasteiger partial charge in [-0.2, -0.15) is 0 Å². The number of hydrogen-bond donors (Lipinski definition) is 0. The molecular weight excluding hydrogens is 238 g/mol. The summed E-state index contributed by atoms with van der Waals surface area (Å²) in [5, 5.41) is 10.7. The van der Waals surface area contributed by atoms with Crippen LogP contribution in [0.2, 0.25) is 0 Å². The lowest BCUT2D eigenvalue weighted by Gasteiger charge is -1.96. The number of nitro groups is 1. The van der Waals surface area contributed by atoms with Crippen LogP contribution >= 0.6 is 0 Å². The Bertz CT molecular complexity index is 558. The number of benzene rings is 1. The summed E-state index contributed by atoms with van der Waals surface area (Å²) >= 11 is 0. The topological polar surface area (TPSA) is 43.1 Å². The van der Waals surface area contributed by atoms with Crippen LogP contribution in [-0.2, 0) is 0 Å². The first-order valence-corrected chi connectivity index (χ1v) is 6.32. The minimum absolute atomic E-state index is 0.0573.